The van der Waals surface area contributed by atoms with Gasteiger partial charge in [-0.3, -0.25) is 5.43 Å². The standard InChI is InChI=1S/C19H14ClN3O3S/c20-16-8-6-12(10-15(16)18(24)25)17-9-7-14(26-17)11-21-23-19(27)22-13-4-2-1-3-5-13/h1-11H,(H,24,25)(H2,22,23,27)/p-1/b21-11-. The van der Waals surface area contributed by atoms with Crippen LogP contribution in [0.15, 0.2) is 70.2 Å². The van der Waals surface area contributed by atoms with Gasteiger partial charge >= 0.3 is 0 Å². The Kier molecular flexibility index (Phi) is 5.85. The summed E-state index contributed by atoms with van der Waals surface area (Å²) in [7, 11) is 0. The Morgan fingerprint density at radius 3 is 2.67 bits per heavy atom. The first kappa shape index (κ1) is 18.6. The van der Waals surface area contributed by atoms with Crippen LogP contribution in [-0.2, 0) is 0 Å². The second-order valence-electron chi connectivity index (χ2n) is 5.37. The van der Waals surface area contributed by atoms with Gasteiger partial charge in [0, 0.05) is 21.8 Å². The van der Waals surface area contributed by atoms with Gasteiger partial charge in [-0.05, 0) is 54.7 Å². The third kappa shape index (κ3) is 4.93. The minimum absolute atomic E-state index is 0.0974. The summed E-state index contributed by atoms with van der Waals surface area (Å²) in [6.45, 7) is 0. The van der Waals surface area contributed by atoms with Gasteiger partial charge in [-0.15, -0.1) is 0 Å². The monoisotopic (exact) mass is 398 g/mol. The van der Waals surface area contributed by atoms with Crippen LogP contribution in [0.2, 0.25) is 5.02 Å². The van der Waals surface area contributed by atoms with E-state index in [2.05, 4.69) is 15.8 Å². The number of halogens is 1. The van der Waals surface area contributed by atoms with Crippen LogP contribution in [-0.4, -0.2) is 17.3 Å². The number of aromatic carboxylic acids is 1. The van der Waals surface area contributed by atoms with Gasteiger partial charge in [0.05, 0.1) is 12.2 Å². The maximum absolute atomic E-state index is 11.1. The molecule has 0 atom stereocenters. The van der Waals surface area contributed by atoms with Gasteiger partial charge in [-0.25, -0.2) is 0 Å². The van der Waals surface area contributed by atoms with Crippen LogP contribution < -0.4 is 15.8 Å². The smallest absolute Gasteiger partial charge is 0.191 e. The van der Waals surface area contributed by atoms with Gasteiger partial charge < -0.3 is 19.6 Å². The van der Waals surface area contributed by atoms with E-state index >= 15 is 0 Å². The molecule has 0 saturated heterocycles. The van der Waals surface area contributed by atoms with Gasteiger partial charge in [-0.1, -0.05) is 29.8 Å². The zero-order chi connectivity index (χ0) is 19.2. The van der Waals surface area contributed by atoms with Crippen molar-refractivity contribution in [2.24, 2.45) is 5.10 Å². The first-order valence-corrected chi connectivity index (χ1v) is 8.58. The zero-order valence-electron chi connectivity index (χ0n) is 13.8. The van der Waals surface area contributed by atoms with Crippen LogP contribution in [0.25, 0.3) is 11.3 Å². The minimum Gasteiger partial charge on any atom is -0.545 e. The fourth-order valence-electron chi connectivity index (χ4n) is 2.25. The molecule has 3 rings (SSSR count). The first-order valence-electron chi connectivity index (χ1n) is 7.79. The number of nitrogens with one attached hydrogen (secondary N) is 2. The summed E-state index contributed by atoms with van der Waals surface area (Å²) in [5, 5.41) is 18.5. The molecule has 8 heteroatoms. The average molecular weight is 399 g/mol. The second kappa shape index (κ2) is 8.48. The van der Waals surface area contributed by atoms with E-state index in [0.29, 0.717) is 22.2 Å². The van der Waals surface area contributed by atoms with E-state index < -0.39 is 5.97 Å². The molecule has 2 aromatic carbocycles. The van der Waals surface area contributed by atoms with Crippen LogP contribution in [0, 0.1) is 0 Å². The van der Waals surface area contributed by atoms with Crippen LogP contribution in [0.3, 0.4) is 0 Å². The third-order valence-corrected chi connectivity index (χ3v) is 4.01. The third-order valence-electron chi connectivity index (χ3n) is 3.49. The minimum atomic E-state index is -1.35. The predicted octanol–water partition coefficient (Wildman–Crippen LogP) is 3.28. The summed E-state index contributed by atoms with van der Waals surface area (Å²) in [4.78, 5) is 11.1. The van der Waals surface area contributed by atoms with Crippen molar-refractivity contribution >= 4 is 46.8 Å². The fourth-order valence-corrected chi connectivity index (χ4v) is 2.61. The van der Waals surface area contributed by atoms with Crippen LogP contribution in [0.5, 0.6) is 0 Å². The number of hydrazone groups is 1. The van der Waals surface area contributed by atoms with Gasteiger partial charge in [0.1, 0.15) is 11.5 Å². The number of benzene rings is 2. The van der Waals surface area contributed by atoms with E-state index in [1.54, 1.807) is 18.2 Å². The molecular formula is C19H13ClN3O3S-. The molecule has 1 aromatic heterocycles. The highest BCUT2D eigenvalue weighted by Gasteiger charge is 2.08. The molecule has 0 spiro atoms. The van der Waals surface area contributed by atoms with Crippen molar-refractivity contribution in [3.8, 4) is 11.3 Å². The molecular weight excluding hydrogens is 386 g/mol. The molecule has 6 nitrogen and oxygen atoms in total. The molecule has 0 aliphatic rings. The second-order valence-corrected chi connectivity index (χ2v) is 6.19. The molecule has 0 radical (unpaired) electrons. The Morgan fingerprint density at radius 1 is 1.15 bits per heavy atom. The molecule has 1 heterocycles. The van der Waals surface area contributed by atoms with Crippen molar-refractivity contribution in [2.75, 3.05) is 5.32 Å². The van der Waals surface area contributed by atoms with Crippen molar-refractivity contribution in [3.63, 3.8) is 0 Å². The van der Waals surface area contributed by atoms with Gasteiger partial charge in [0.2, 0.25) is 0 Å². The molecule has 0 unspecified atom stereocenters. The Morgan fingerprint density at radius 2 is 1.93 bits per heavy atom. The molecule has 0 amide bonds. The predicted molar refractivity (Wildman–Crippen MR) is 107 cm³/mol. The number of nitrogens with zero attached hydrogens (tertiary/aromatic N) is 1. The summed E-state index contributed by atoms with van der Waals surface area (Å²) in [5.41, 5.74) is 4.00. The van der Waals surface area contributed by atoms with Gasteiger partial charge in [0.15, 0.2) is 5.11 Å². The van der Waals surface area contributed by atoms with Crippen molar-refractivity contribution in [1.29, 1.82) is 0 Å². The lowest BCUT2D eigenvalue weighted by molar-refractivity contribution is -0.255. The number of anilines is 1. The van der Waals surface area contributed by atoms with E-state index in [1.165, 1.54) is 18.3 Å². The number of carboxylic acid groups (broad SMARTS) is 1. The lowest BCUT2D eigenvalue weighted by Crippen LogP contribution is -2.23. The largest absolute Gasteiger partial charge is 0.545 e. The summed E-state index contributed by atoms with van der Waals surface area (Å²) >= 11 is 11.0. The van der Waals surface area contributed by atoms with Crippen molar-refractivity contribution < 1.29 is 14.3 Å². The number of carboxylic acids is 1. The summed E-state index contributed by atoms with van der Waals surface area (Å²) in [5.74, 6) is -0.413. The normalized spacial score (nSPS) is 10.7. The van der Waals surface area contributed by atoms with E-state index in [1.807, 2.05) is 30.3 Å². The van der Waals surface area contributed by atoms with Crippen molar-refractivity contribution in [2.45, 2.75) is 0 Å². The topological polar surface area (TPSA) is 89.7 Å². The summed E-state index contributed by atoms with van der Waals surface area (Å²) in [6.07, 6.45) is 1.46. The van der Waals surface area contributed by atoms with Crippen LogP contribution in [0.4, 0.5) is 5.69 Å². The highest BCUT2D eigenvalue weighted by molar-refractivity contribution is 7.80. The fraction of sp³-hybridized carbons (Fsp3) is 0. The number of furan rings is 1. The van der Waals surface area contributed by atoms with Gasteiger partial charge in [0.25, 0.3) is 0 Å². The zero-order valence-corrected chi connectivity index (χ0v) is 15.4. The molecule has 0 aliphatic carbocycles. The number of carbonyl (C=O) groups excluding carboxylic acids is 1. The Hall–Kier alpha value is -3.16. The number of rotatable bonds is 5. The number of carbonyl (C=O) groups is 1. The molecule has 27 heavy (non-hydrogen) atoms. The highest BCUT2D eigenvalue weighted by atomic mass is 35.5. The quantitative estimate of drug-likeness (QED) is 0.389. The van der Waals surface area contributed by atoms with Gasteiger partial charge in [-0.2, -0.15) is 5.10 Å². The Balaban J connectivity index is 1.64. The van der Waals surface area contributed by atoms with E-state index in [0.717, 1.165) is 5.69 Å². The first-order chi connectivity index (χ1) is 13.0. The molecule has 136 valence electrons. The molecule has 0 saturated carbocycles. The van der Waals surface area contributed by atoms with E-state index in [4.69, 9.17) is 28.2 Å². The number of para-hydroxylation sites is 1. The van der Waals surface area contributed by atoms with Crippen molar-refractivity contribution in [3.05, 3.63) is 77.0 Å². The maximum Gasteiger partial charge on any atom is 0.191 e. The maximum atomic E-state index is 11.1. The average Bonchev–Trinajstić information content (AvgIpc) is 3.11. The SMILES string of the molecule is O=C([O-])c1cc(-c2ccc(/C=N\NC(=S)Nc3ccccc3)o2)ccc1Cl. The van der Waals surface area contributed by atoms with Crippen LogP contribution >= 0.6 is 23.8 Å². The molecule has 0 aliphatic heterocycles. The number of hydrogen-bond acceptors (Lipinski definition) is 5. The lowest BCUT2D eigenvalue weighted by atomic mass is 10.1. The molecule has 0 bridgehead atoms. The molecule has 0 fully saturated rings. The van der Waals surface area contributed by atoms with Crippen molar-refractivity contribution in [1.82, 2.24) is 5.43 Å². The number of hydrogen-bond donors (Lipinski definition) is 2. The Labute approximate surface area is 165 Å². The van der Waals surface area contributed by atoms with Crippen LogP contribution in [0.1, 0.15) is 16.1 Å². The molecule has 2 N–H and O–H groups in total. The number of thiocarbonyl (C=S) groups is 1. The van der Waals surface area contributed by atoms with E-state index in [9.17, 15) is 9.90 Å². The lowest BCUT2D eigenvalue weighted by Gasteiger charge is -2.06. The molecule has 3 aromatic rings. The highest BCUT2D eigenvalue weighted by Crippen LogP contribution is 2.26. The summed E-state index contributed by atoms with van der Waals surface area (Å²) < 4.78 is 5.63. The van der Waals surface area contributed by atoms with E-state index in [-0.39, 0.29) is 10.6 Å². The summed E-state index contributed by atoms with van der Waals surface area (Å²) in [6, 6.07) is 17.4. The Bertz CT molecular complexity index is 1000.